The number of ether oxygens (including phenoxy) is 2. The number of nitrogens with zero attached hydrogens (tertiary/aromatic N) is 2. The zero-order valence-electron chi connectivity index (χ0n) is 17.7. The van der Waals surface area contributed by atoms with E-state index in [-0.39, 0.29) is 28.0 Å². The second-order valence-electron chi connectivity index (χ2n) is 7.10. The van der Waals surface area contributed by atoms with Crippen molar-refractivity contribution in [3.63, 3.8) is 0 Å². The van der Waals surface area contributed by atoms with Gasteiger partial charge in [-0.2, -0.15) is 10.1 Å². The lowest BCUT2D eigenvalue weighted by atomic mass is 10.1. The fourth-order valence-corrected chi connectivity index (χ4v) is 3.55. The molecule has 3 aromatic rings. The molecule has 4 rings (SSSR count). The van der Waals surface area contributed by atoms with Gasteiger partial charge >= 0.3 is 5.97 Å². The maximum absolute atomic E-state index is 13.9. The van der Waals surface area contributed by atoms with Crippen LogP contribution in [0.25, 0.3) is 6.08 Å². The predicted molar refractivity (Wildman–Crippen MR) is 124 cm³/mol. The minimum atomic E-state index is -0.910. The number of esters is 1. The molecule has 0 unspecified atom stereocenters. The summed E-state index contributed by atoms with van der Waals surface area (Å²) < 4.78 is 24.6. The largest absolute Gasteiger partial charge is 0.493 e. The molecule has 1 heterocycles. The Morgan fingerprint density at radius 3 is 2.48 bits per heavy atom. The summed E-state index contributed by atoms with van der Waals surface area (Å²) in [5.41, 5.74) is 1.87. The standard InChI is InChI=1S/C25H18ClFN2O4/c1-15-19(24(30)29(28-15)17-8-4-3-5-9-17)12-16-13-20(26)23(22(14-16)32-2)33-25(31)18-10-6-7-11-21(18)27/h3-14H,1-2H3/b19-12-. The van der Waals surface area contributed by atoms with Crippen LogP contribution in [0.3, 0.4) is 0 Å². The first-order valence-electron chi connectivity index (χ1n) is 9.90. The highest BCUT2D eigenvalue weighted by Crippen LogP contribution is 2.38. The Kier molecular flexibility index (Phi) is 6.24. The molecule has 0 spiro atoms. The average Bonchev–Trinajstić information content (AvgIpc) is 3.09. The van der Waals surface area contributed by atoms with E-state index >= 15 is 0 Å². The molecule has 0 aromatic heterocycles. The zero-order chi connectivity index (χ0) is 23.5. The third-order valence-electron chi connectivity index (χ3n) is 4.91. The molecule has 0 N–H and O–H groups in total. The van der Waals surface area contributed by atoms with E-state index in [9.17, 15) is 14.0 Å². The van der Waals surface area contributed by atoms with Crippen molar-refractivity contribution >= 4 is 41.0 Å². The second kappa shape index (κ2) is 9.26. The first-order chi connectivity index (χ1) is 15.9. The van der Waals surface area contributed by atoms with E-state index in [0.29, 0.717) is 22.5 Å². The Labute approximate surface area is 194 Å². The van der Waals surface area contributed by atoms with Crippen molar-refractivity contribution in [1.82, 2.24) is 0 Å². The topological polar surface area (TPSA) is 68.2 Å². The predicted octanol–water partition coefficient (Wildman–Crippen LogP) is 5.51. The number of anilines is 1. The first-order valence-corrected chi connectivity index (χ1v) is 10.3. The Balaban J connectivity index is 1.64. The summed E-state index contributed by atoms with van der Waals surface area (Å²) in [4.78, 5) is 25.4. The molecular weight excluding hydrogens is 447 g/mol. The highest BCUT2D eigenvalue weighted by atomic mass is 35.5. The number of halogens is 2. The molecule has 0 fully saturated rings. The van der Waals surface area contributed by atoms with Gasteiger partial charge in [0.15, 0.2) is 11.5 Å². The van der Waals surface area contributed by atoms with Gasteiger partial charge in [0.1, 0.15) is 5.82 Å². The molecule has 0 saturated carbocycles. The molecule has 1 aliphatic rings. The fourth-order valence-electron chi connectivity index (χ4n) is 3.29. The number of para-hydroxylation sites is 1. The van der Waals surface area contributed by atoms with Crippen molar-refractivity contribution in [3.05, 3.63) is 94.3 Å². The van der Waals surface area contributed by atoms with Crippen LogP contribution >= 0.6 is 11.6 Å². The molecule has 166 valence electrons. The Morgan fingerprint density at radius 2 is 1.79 bits per heavy atom. The number of carbonyl (C=O) groups excluding carboxylic acids is 2. The molecule has 0 aliphatic carbocycles. The van der Waals surface area contributed by atoms with Gasteiger partial charge in [-0.05, 0) is 55.0 Å². The molecular formula is C25H18ClFN2O4. The fraction of sp³-hybridized carbons (Fsp3) is 0.0800. The third-order valence-corrected chi connectivity index (χ3v) is 5.20. The minimum Gasteiger partial charge on any atom is -0.493 e. The van der Waals surface area contributed by atoms with E-state index in [2.05, 4.69) is 5.10 Å². The maximum atomic E-state index is 13.9. The maximum Gasteiger partial charge on any atom is 0.346 e. The number of hydrogen-bond acceptors (Lipinski definition) is 5. The zero-order valence-corrected chi connectivity index (χ0v) is 18.5. The monoisotopic (exact) mass is 464 g/mol. The average molecular weight is 465 g/mol. The molecule has 0 bridgehead atoms. The van der Waals surface area contributed by atoms with Gasteiger partial charge in [0, 0.05) is 0 Å². The van der Waals surface area contributed by atoms with E-state index in [1.54, 1.807) is 31.2 Å². The summed E-state index contributed by atoms with van der Waals surface area (Å²) in [5.74, 6) is -1.81. The minimum absolute atomic E-state index is 0.0522. The van der Waals surface area contributed by atoms with Crippen molar-refractivity contribution in [1.29, 1.82) is 0 Å². The van der Waals surface area contributed by atoms with E-state index < -0.39 is 11.8 Å². The van der Waals surface area contributed by atoms with Gasteiger partial charge < -0.3 is 9.47 Å². The molecule has 1 aliphatic heterocycles. The van der Waals surface area contributed by atoms with Crippen LogP contribution in [0.15, 0.2) is 77.4 Å². The SMILES string of the molecule is COc1cc(/C=C2\C(=O)N(c3ccccc3)N=C2C)cc(Cl)c1OC(=O)c1ccccc1F. The Morgan fingerprint density at radius 1 is 1.09 bits per heavy atom. The van der Waals surface area contributed by atoms with Crippen LogP contribution in [0.1, 0.15) is 22.8 Å². The lowest BCUT2D eigenvalue weighted by Gasteiger charge is -2.13. The lowest BCUT2D eigenvalue weighted by molar-refractivity contribution is -0.114. The number of benzene rings is 3. The van der Waals surface area contributed by atoms with Crippen LogP contribution in [0.4, 0.5) is 10.1 Å². The van der Waals surface area contributed by atoms with Crippen molar-refractivity contribution in [2.24, 2.45) is 5.10 Å². The third kappa shape index (κ3) is 4.49. The normalized spacial score (nSPS) is 14.4. The molecule has 0 saturated heterocycles. The quantitative estimate of drug-likeness (QED) is 0.283. The summed E-state index contributed by atoms with van der Waals surface area (Å²) in [6.45, 7) is 1.73. The number of hydrogen-bond donors (Lipinski definition) is 0. The summed E-state index contributed by atoms with van der Waals surface area (Å²) in [6, 6.07) is 17.6. The van der Waals surface area contributed by atoms with E-state index in [1.807, 2.05) is 18.2 Å². The van der Waals surface area contributed by atoms with Crippen LogP contribution in [0.2, 0.25) is 5.02 Å². The highest BCUT2D eigenvalue weighted by Gasteiger charge is 2.29. The van der Waals surface area contributed by atoms with Crippen molar-refractivity contribution in [2.75, 3.05) is 12.1 Å². The Bertz CT molecular complexity index is 1310. The number of rotatable bonds is 5. The number of hydrazone groups is 1. The molecule has 0 atom stereocenters. The summed E-state index contributed by atoms with van der Waals surface area (Å²) in [5, 5.41) is 5.73. The molecule has 0 radical (unpaired) electrons. The lowest BCUT2D eigenvalue weighted by Crippen LogP contribution is -2.21. The first kappa shape index (κ1) is 22.2. The van der Waals surface area contributed by atoms with Crippen LogP contribution in [-0.4, -0.2) is 24.7 Å². The van der Waals surface area contributed by atoms with Gasteiger partial charge in [-0.1, -0.05) is 41.9 Å². The van der Waals surface area contributed by atoms with Crippen molar-refractivity contribution in [2.45, 2.75) is 6.92 Å². The summed E-state index contributed by atoms with van der Waals surface area (Å²) in [6.07, 6.45) is 1.63. The van der Waals surface area contributed by atoms with Gasteiger partial charge in [-0.25, -0.2) is 9.18 Å². The van der Waals surface area contributed by atoms with Crippen LogP contribution < -0.4 is 14.5 Å². The van der Waals surface area contributed by atoms with Crippen LogP contribution in [0.5, 0.6) is 11.5 Å². The molecule has 8 heteroatoms. The Hall–Kier alpha value is -3.97. The second-order valence-corrected chi connectivity index (χ2v) is 7.51. The van der Waals surface area contributed by atoms with E-state index in [0.717, 1.165) is 6.07 Å². The van der Waals surface area contributed by atoms with Gasteiger partial charge in [-0.15, -0.1) is 0 Å². The van der Waals surface area contributed by atoms with E-state index in [1.165, 1.54) is 36.4 Å². The molecule has 33 heavy (non-hydrogen) atoms. The number of methoxy groups -OCH3 is 1. The number of carbonyl (C=O) groups is 2. The van der Waals surface area contributed by atoms with Gasteiger partial charge in [0.05, 0.1) is 34.7 Å². The molecule has 1 amide bonds. The number of amides is 1. The van der Waals surface area contributed by atoms with Crippen molar-refractivity contribution in [3.8, 4) is 11.5 Å². The van der Waals surface area contributed by atoms with Crippen LogP contribution in [0, 0.1) is 5.82 Å². The van der Waals surface area contributed by atoms with Gasteiger partial charge in [-0.3, -0.25) is 4.79 Å². The molecule has 3 aromatic carbocycles. The van der Waals surface area contributed by atoms with Gasteiger partial charge in [0.2, 0.25) is 0 Å². The van der Waals surface area contributed by atoms with Crippen molar-refractivity contribution < 1.29 is 23.5 Å². The van der Waals surface area contributed by atoms with Gasteiger partial charge in [0.25, 0.3) is 5.91 Å². The molecule has 6 nitrogen and oxygen atoms in total. The summed E-state index contributed by atoms with van der Waals surface area (Å²) in [7, 11) is 1.38. The highest BCUT2D eigenvalue weighted by molar-refractivity contribution is 6.33. The van der Waals surface area contributed by atoms with E-state index in [4.69, 9.17) is 21.1 Å². The smallest absolute Gasteiger partial charge is 0.346 e. The van der Waals surface area contributed by atoms with Crippen LogP contribution in [-0.2, 0) is 4.79 Å². The summed E-state index contributed by atoms with van der Waals surface area (Å²) >= 11 is 6.36.